The summed E-state index contributed by atoms with van der Waals surface area (Å²) < 4.78 is 5.50. The van der Waals surface area contributed by atoms with Gasteiger partial charge in [-0.2, -0.15) is 0 Å². The number of ether oxygens (including phenoxy) is 1. The average molecular weight is 379 g/mol. The van der Waals surface area contributed by atoms with Crippen LogP contribution in [0.4, 0.5) is 10.5 Å². The molecular weight excluding hydrogens is 354 g/mol. The summed E-state index contributed by atoms with van der Waals surface area (Å²) in [6, 6.07) is 17.0. The molecule has 3 amide bonds. The third-order valence-corrected chi connectivity index (χ3v) is 3.70. The lowest BCUT2D eigenvalue weighted by Crippen LogP contribution is -2.36. The molecule has 0 aliphatic heterocycles. The third-order valence-electron chi connectivity index (χ3n) is 3.70. The summed E-state index contributed by atoms with van der Waals surface area (Å²) in [5.41, 5.74) is 1.93. The summed E-state index contributed by atoms with van der Waals surface area (Å²) in [5, 5.41) is 8.18. The third kappa shape index (κ3) is 8.77. The first-order valence-corrected chi connectivity index (χ1v) is 9.15. The van der Waals surface area contributed by atoms with Crippen molar-refractivity contribution in [3.8, 4) is 17.6 Å². The van der Waals surface area contributed by atoms with Gasteiger partial charge in [-0.05, 0) is 30.5 Å². The highest BCUT2D eigenvalue weighted by molar-refractivity contribution is 5.88. The number of benzene rings is 2. The molecule has 6 heteroatoms. The summed E-state index contributed by atoms with van der Waals surface area (Å²) in [6.45, 7) is 2.51. The molecule has 0 aliphatic carbocycles. The zero-order valence-electron chi connectivity index (χ0n) is 16.0. The molecule has 6 nitrogen and oxygen atoms in total. The van der Waals surface area contributed by atoms with E-state index in [-0.39, 0.29) is 25.1 Å². The monoisotopic (exact) mass is 379 g/mol. The molecule has 0 saturated heterocycles. The van der Waals surface area contributed by atoms with Crippen LogP contribution in [-0.4, -0.2) is 31.6 Å². The Bertz CT molecular complexity index is 826. The predicted molar refractivity (Wildman–Crippen MR) is 110 cm³/mol. The minimum absolute atomic E-state index is 0.138. The number of nitrogens with one attached hydrogen (secondary N) is 3. The first-order chi connectivity index (χ1) is 13.6. The Balaban J connectivity index is 1.56. The van der Waals surface area contributed by atoms with Gasteiger partial charge < -0.3 is 20.7 Å². The number of urea groups is 1. The van der Waals surface area contributed by atoms with Crippen molar-refractivity contribution in [1.29, 1.82) is 0 Å². The molecule has 3 N–H and O–H groups in total. The SMILES string of the molecule is CC(=O)Nc1cccc(OCC#CCNC(=O)NCCCc2ccccc2)c1. The van der Waals surface area contributed by atoms with Gasteiger partial charge in [0.25, 0.3) is 0 Å². The van der Waals surface area contributed by atoms with Crippen LogP contribution >= 0.6 is 0 Å². The van der Waals surface area contributed by atoms with E-state index in [1.807, 2.05) is 18.2 Å². The smallest absolute Gasteiger partial charge is 0.315 e. The summed E-state index contributed by atoms with van der Waals surface area (Å²) in [6.07, 6.45) is 1.82. The Kier molecular flexibility index (Phi) is 8.95. The number of carbonyl (C=O) groups excluding carboxylic acids is 2. The van der Waals surface area contributed by atoms with Crippen molar-refractivity contribution in [2.24, 2.45) is 0 Å². The molecule has 0 bridgehead atoms. The topological polar surface area (TPSA) is 79.5 Å². The van der Waals surface area contributed by atoms with Gasteiger partial charge >= 0.3 is 6.03 Å². The Hall–Kier alpha value is -3.46. The number of anilines is 1. The summed E-state index contributed by atoms with van der Waals surface area (Å²) in [5.74, 6) is 6.15. The van der Waals surface area contributed by atoms with Crippen LogP contribution in [-0.2, 0) is 11.2 Å². The van der Waals surface area contributed by atoms with Crippen LogP contribution in [0.3, 0.4) is 0 Å². The van der Waals surface area contributed by atoms with Gasteiger partial charge in [0.05, 0.1) is 6.54 Å². The average Bonchev–Trinajstić information content (AvgIpc) is 2.68. The fraction of sp³-hybridized carbons (Fsp3) is 0.273. The lowest BCUT2D eigenvalue weighted by molar-refractivity contribution is -0.114. The van der Waals surface area contributed by atoms with E-state index in [0.717, 1.165) is 12.8 Å². The molecule has 0 spiro atoms. The van der Waals surface area contributed by atoms with E-state index >= 15 is 0 Å². The van der Waals surface area contributed by atoms with E-state index in [0.29, 0.717) is 18.0 Å². The number of hydrogen-bond donors (Lipinski definition) is 3. The maximum Gasteiger partial charge on any atom is 0.315 e. The fourth-order valence-electron chi connectivity index (χ4n) is 2.43. The van der Waals surface area contributed by atoms with Crippen LogP contribution < -0.4 is 20.7 Å². The van der Waals surface area contributed by atoms with Crippen molar-refractivity contribution in [1.82, 2.24) is 10.6 Å². The maximum absolute atomic E-state index is 11.7. The van der Waals surface area contributed by atoms with Gasteiger partial charge in [0.2, 0.25) is 5.91 Å². The molecular formula is C22H25N3O3. The van der Waals surface area contributed by atoms with E-state index in [4.69, 9.17) is 4.74 Å². The molecule has 0 heterocycles. The predicted octanol–water partition coefficient (Wildman–Crippen LogP) is 2.96. The molecule has 0 saturated carbocycles. The zero-order chi connectivity index (χ0) is 20.0. The molecule has 0 unspecified atom stereocenters. The number of hydrogen-bond acceptors (Lipinski definition) is 3. The van der Waals surface area contributed by atoms with Gasteiger partial charge in [0.1, 0.15) is 12.4 Å². The Labute approximate surface area is 165 Å². The Morgan fingerprint density at radius 2 is 1.82 bits per heavy atom. The van der Waals surface area contributed by atoms with Crippen LogP contribution in [0.25, 0.3) is 0 Å². The van der Waals surface area contributed by atoms with Gasteiger partial charge in [-0.15, -0.1) is 0 Å². The second-order valence-electron chi connectivity index (χ2n) is 6.05. The number of amides is 3. The van der Waals surface area contributed by atoms with Gasteiger partial charge in [0.15, 0.2) is 0 Å². The van der Waals surface area contributed by atoms with Crippen LogP contribution in [0.1, 0.15) is 18.9 Å². The standard InChI is InChI=1S/C22H25N3O3/c1-18(26)25-20-12-7-13-21(17-20)28-16-6-5-14-23-22(27)24-15-8-11-19-9-3-2-4-10-19/h2-4,7,9-10,12-13,17H,8,11,14-16H2,1H3,(H,25,26)(H2,23,24,27). The molecule has 2 rings (SSSR count). The largest absolute Gasteiger partial charge is 0.481 e. The van der Waals surface area contributed by atoms with Crippen molar-refractivity contribution in [3.05, 3.63) is 60.2 Å². The maximum atomic E-state index is 11.7. The lowest BCUT2D eigenvalue weighted by Gasteiger charge is -2.06. The number of carbonyl (C=O) groups is 2. The van der Waals surface area contributed by atoms with E-state index in [9.17, 15) is 9.59 Å². The molecule has 0 fully saturated rings. The van der Waals surface area contributed by atoms with Crippen molar-refractivity contribution in [2.45, 2.75) is 19.8 Å². The van der Waals surface area contributed by atoms with Crippen molar-refractivity contribution < 1.29 is 14.3 Å². The molecule has 2 aromatic carbocycles. The lowest BCUT2D eigenvalue weighted by atomic mass is 10.1. The van der Waals surface area contributed by atoms with E-state index in [1.54, 1.807) is 24.3 Å². The second-order valence-corrected chi connectivity index (χ2v) is 6.05. The molecule has 0 atom stereocenters. The molecule has 28 heavy (non-hydrogen) atoms. The molecule has 146 valence electrons. The normalized spacial score (nSPS) is 9.61. The van der Waals surface area contributed by atoms with Crippen molar-refractivity contribution in [2.75, 3.05) is 25.0 Å². The highest BCUT2D eigenvalue weighted by atomic mass is 16.5. The van der Waals surface area contributed by atoms with E-state index < -0.39 is 0 Å². The minimum Gasteiger partial charge on any atom is -0.481 e. The first-order valence-electron chi connectivity index (χ1n) is 9.15. The summed E-state index contributed by atoms with van der Waals surface area (Å²) in [4.78, 5) is 22.7. The summed E-state index contributed by atoms with van der Waals surface area (Å²) >= 11 is 0. The Morgan fingerprint density at radius 1 is 1.00 bits per heavy atom. The second kappa shape index (κ2) is 12.0. The first kappa shape index (κ1) is 20.8. The minimum atomic E-state index is -0.230. The van der Waals surface area contributed by atoms with Gasteiger partial charge in [-0.3, -0.25) is 4.79 Å². The Morgan fingerprint density at radius 3 is 2.61 bits per heavy atom. The summed E-state index contributed by atoms with van der Waals surface area (Å²) in [7, 11) is 0. The van der Waals surface area contributed by atoms with Gasteiger partial charge in [-0.25, -0.2) is 4.79 Å². The number of rotatable bonds is 8. The molecule has 0 aromatic heterocycles. The van der Waals surface area contributed by atoms with Crippen LogP contribution in [0.5, 0.6) is 5.75 Å². The van der Waals surface area contributed by atoms with Crippen LogP contribution in [0, 0.1) is 11.8 Å². The van der Waals surface area contributed by atoms with E-state index in [1.165, 1.54) is 12.5 Å². The highest BCUT2D eigenvalue weighted by Gasteiger charge is 1.99. The molecule has 0 radical (unpaired) electrons. The fourth-order valence-corrected chi connectivity index (χ4v) is 2.43. The zero-order valence-corrected chi connectivity index (χ0v) is 16.0. The van der Waals surface area contributed by atoms with Gasteiger partial charge in [0, 0.05) is 25.2 Å². The highest BCUT2D eigenvalue weighted by Crippen LogP contribution is 2.16. The van der Waals surface area contributed by atoms with Crippen molar-refractivity contribution in [3.63, 3.8) is 0 Å². The van der Waals surface area contributed by atoms with E-state index in [2.05, 4.69) is 39.9 Å². The quantitative estimate of drug-likeness (QED) is 0.487. The molecule has 0 aliphatic rings. The van der Waals surface area contributed by atoms with Crippen LogP contribution in [0.2, 0.25) is 0 Å². The number of aryl methyl sites for hydroxylation is 1. The van der Waals surface area contributed by atoms with Crippen LogP contribution in [0.15, 0.2) is 54.6 Å². The molecule has 2 aromatic rings. The van der Waals surface area contributed by atoms with Crippen molar-refractivity contribution >= 4 is 17.6 Å². The van der Waals surface area contributed by atoms with Gasteiger partial charge in [-0.1, -0.05) is 48.2 Å².